The number of ketones is 1. The van der Waals surface area contributed by atoms with Gasteiger partial charge in [-0.2, -0.15) is 0 Å². The van der Waals surface area contributed by atoms with Gasteiger partial charge < -0.3 is 9.47 Å². The smallest absolute Gasteiger partial charge is 0.411 e. The van der Waals surface area contributed by atoms with Crippen molar-refractivity contribution < 1.29 is 19.1 Å². The Kier molecular flexibility index (Phi) is 3.55. The number of benzene rings is 2. The summed E-state index contributed by atoms with van der Waals surface area (Å²) in [5.74, 6) is 0.434. The summed E-state index contributed by atoms with van der Waals surface area (Å²) in [4.78, 5) is 23.1. The third-order valence-corrected chi connectivity index (χ3v) is 3.10. The molecule has 0 radical (unpaired) electrons. The van der Waals surface area contributed by atoms with E-state index < -0.39 is 6.09 Å². The van der Waals surface area contributed by atoms with Gasteiger partial charge in [0, 0.05) is 11.8 Å². The standard InChI is InChI=1S/C16H13NO4/c18-14-10-20-15-8-12(6-7-13(14)15)17-16(19)21-9-11-4-2-1-3-5-11/h1-8H,9-10H2,(H,17,19). The highest BCUT2D eigenvalue weighted by atomic mass is 16.5. The van der Waals surface area contributed by atoms with Gasteiger partial charge in [-0.1, -0.05) is 30.3 Å². The van der Waals surface area contributed by atoms with Crippen LogP contribution in [0.1, 0.15) is 15.9 Å². The topological polar surface area (TPSA) is 64.6 Å². The zero-order chi connectivity index (χ0) is 14.7. The molecule has 0 saturated heterocycles. The van der Waals surface area contributed by atoms with Crippen LogP contribution in [-0.2, 0) is 11.3 Å². The van der Waals surface area contributed by atoms with Crippen LogP contribution < -0.4 is 10.1 Å². The maximum Gasteiger partial charge on any atom is 0.411 e. The number of amides is 1. The van der Waals surface area contributed by atoms with Gasteiger partial charge in [-0.25, -0.2) is 4.79 Å². The number of hydrogen-bond donors (Lipinski definition) is 1. The van der Waals surface area contributed by atoms with Gasteiger partial charge in [0.2, 0.25) is 5.78 Å². The van der Waals surface area contributed by atoms with Gasteiger partial charge in [-0.3, -0.25) is 10.1 Å². The van der Waals surface area contributed by atoms with E-state index in [-0.39, 0.29) is 19.0 Å². The molecule has 1 N–H and O–H groups in total. The first-order valence-electron chi connectivity index (χ1n) is 6.50. The average molecular weight is 283 g/mol. The summed E-state index contributed by atoms with van der Waals surface area (Å²) in [6.07, 6.45) is -0.553. The Morgan fingerprint density at radius 1 is 1.19 bits per heavy atom. The summed E-state index contributed by atoms with van der Waals surface area (Å²) in [5.41, 5.74) is 1.98. The Bertz CT molecular complexity index is 682. The fraction of sp³-hybridized carbons (Fsp3) is 0.125. The molecule has 0 saturated carbocycles. The third-order valence-electron chi connectivity index (χ3n) is 3.10. The number of nitrogens with one attached hydrogen (secondary N) is 1. The van der Waals surface area contributed by atoms with Crippen molar-refractivity contribution in [2.75, 3.05) is 11.9 Å². The lowest BCUT2D eigenvalue weighted by Gasteiger charge is -2.08. The summed E-state index contributed by atoms with van der Waals surface area (Å²) in [6, 6.07) is 14.3. The zero-order valence-electron chi connectivity index (χ0n) is 11.2. The van der Waals surface area contributed by atoms with Crippen LogP contribution in [0.15, 0.2) is 48.5 Å². The number of carbonyl (C=O) groups is 2. The van der Waals surface area contributed by atoms with Crippen LogP contribution in [0.3, 0.4) is 0 Å². The summed E-state index contributed by atoms with van der Waals surface area (Å²) < 4.78 is 10.3. The Morgan fingerprint density at radius 2 is 2.00 bits per heavy atom. The lowest BCUT2D eigenvalue weighted by atomic mass is 10.1. The van der Waals surface area contributed by atoms with Crippen LogP contribution in [0.5, 0.6) is 5.75 Å². The van der Waals surface area contributed by atoms with Gasteiger partial charge in [0.05, 0.1) is 5.56 Å². The van der Waals surface area contributed by atoms with Crippen LogP contribution in [0.25, 0.3) is 0 Å². The molecule has 0 bridgehead atoms. The first-order valence-corrected chi connectivity index (χ1v) is 6.50. The molecule has 1 aliphatic rings. The molecule has 2 aromatic carbocycles. The summed E-state index contributed by atoms with van der Waals surface area (Å²) in [5, 5.41) is 2.60. The first kappa shape index (κ1) is 13.2. The number of ether oxygens (including phenoxy) is 2. The number of carbonyl (C=O) groups excluding carboxylic acids is 2. The van der Waals surface area contributed by atoms with Gasteiger partial charge in [0.1, 0.15) is 12.4 Å². The highest BCUT2D eigenvalue weighted by molar-refractivity contribution is 6.03. The molecular weight excluding hydrogens is 270 g/mol. The fourth-order valence-corrected chi connectivity index (χ4v) is 2.05. The van der Waals surface area contributed by atoms with Gasteiger partial charge in [0.15, 0.2) is 6.61 Å². The molecule has 0 aromatic heterocycles. The highest BCUT2D eigenvalue weighted by Gasteiger charge is 2.21. The van der Waals surface area contributed by atoms with Crippen LogP contribution in [0.2, 0.25) is 0 Å². The third kappa shape index (κ3) is 3.02. The monoisotopic (exact) mass is 283 g/mol. The molecule has 0 aliphatic carbocycles. The Hall–Kier alpha value is -2.82. The van der Waals surface area contributed by atoms with E-state index in [1.165, 1.54) is 0 Å². The van der Waals surface area contributed by atoms with Gasteiger partial charge in [0.25, 0.3) is 0 Å². The maximum absolute atomic E-state index is 11.7. The van der Waals surface area contributed by atoms with E-state index in [1.807, 2.05) is 30.3 Å². The molecule has 21 heavy (non-hydrogen) atoms. The Labute approximate surface area is 121 Å². The molecule has 1 aliphatic heterocycles. The van der Waals surface area contributed by atoms with Crippen molar-refractivity contribution in [1.82, 2.24) is 0 Å². The Balaban J connectivity index is 1.59. The van der Waals surface area contributed by atoms with Crippen molar-refractivity contribution in [2.24, 2.45) is 0 Å². The fourth-order valence-electron chi connectivity index (χ4n) is 2.05. The molecule has 5 heteroatoms. The second-order valence-electron chi connectivity index (χ2n) is 4.61. The van der Waals surface area contributed by atoms with Crippen molar-refractivity contribution in [3.05, 3.63) is 59.7 Å². The molecule has 1 amide bonds. The minimum Gasteiger partial charge on any atom is -0.485 e. The molecule has 2 aromatic rings. The first-order chi connectivity index (χ1) is 10.2. The lowest BCUT2D eigenvalue weighted by molar-refractivity contribution is 0.0961. The molecular formula is C16H13NO4. The van der Waals surface area contributed by atoms with Gasteiger partial charge in [-0.05, 0) is 17.7 Å². The number of fused-ring (bicyclic) bond motifs is 1. The van der Waals surface area contributed by atoms with E-state index in [0.717, 1.165) is 5.56 Å². The second kappa shape index (κ2) is 5.66. The minimum absolute atomic E-state index is 0.0526. The number of Topliss-reactive ketones (excluding diaryl/α,β-unsaturated/α-hetero) is 1. The minimum atomic E-state index is -0.553. The van der Waals surface area contributed by atoms with Crippen molar-refractivity contribution in [1.29, 1.82) is 0 Å². The van der Waals surface area contributed by atoms with Crippen molar-refractivity contribution in [2.45, 2.75) is 6.61 Å². The number of rotatable bonds is 3. The predicted octanol–water partition coefficient (Wildman–Crippen LogP) is 3.01. The number of hydrogen-bond acceptors (Lipinski definition) is 4. The van der Waals surface area contributed by atoms with Crippen LogP contribution in [-0.4, -0.2) is 18.5 Å². The average Bonchev–Trinajstić information content (AvgIpc) is 2.87. The van der Waals surface area contributed by atoms with E-state index in [0.29, 0.717) is 17.0 Å². The Morgan fingerprint density at radius 3 is 2.81 bits per heavy atom. The van der Waals surface area contributed by atoms with E-state index >= 15 is 0 Å². The molecule has 0 spiro atoms. The van der Waals surface area contributed by atoms with Crippen LogP contribution in [0, 0.1) is 0 Å². The molecule has 5 nitrogen and oxygen atoms in total. The van der Waals surface area contributed by atoms with E-state index in [1.54, 1.807) is 18.2 Å². The van der Waals surface area contributed by atoms with E-state index in [2.05, 4.69) is 5.32 Å². The maximum atomic E-state index is 11.7. The molecule has 0 atom stereocenters. The quantitative estimate of drug-likeness (QED) is 0.940. The van der Waals surface area contributed by atoms with Crippen molar-refractivity contribution in [3.8, 4) is 5.75 Å². The zero-order valence-corrected chi connectivity index (χ0v) is 11.2. The normalized spacial score (nSPS) is 12.5. The largest absolute Gasteiger partial charge is 0.485 e. The highest BCUT2D eigenvalue weighted by Crippen LogP contribution is 2.28. The molecule has 0 fully saturated rings. The van der Waals surface area contributed by atoms with Crippen LogP contribution in [0.4, 0.5) is 10.5 Å². The molecule has 0 unspecified atom stereocenters. The number of anilines is 1. The second-order valence-corrected chi connectivity index (χ2v) is 4.61. The predicted molar refractivity (Wildman–Crippen MR) is 76.5 cm³/mol. The molecule has 106 valence electrons. The van der Waals surface area contributed by atoms with Crippen LogP contribution >= 0.6 is 0 Å². The summed E-state index contributed by atoms with van der Waals surface area (Å²) >= 11 is 0. The summed E-state index contributed by atoms with van der Waals surface area (Å²) in [7, 11) is 0. The van der Waals surface area contributed by atoms with E-state index in [9.17, 15) is 9.59 Å². The van der Waals surface area contributed by atoms with Crippen molar-refractivity contribution in [3.63, 3.8) is 0 Å². The lowest BCUT2D eigenvalue weighted by Crippen LogP contribution is -2.13. The van der Waals surface area contributed by atoms with E-state index in [4.69, 9.17) is 9.47 Å². The summed E-state index contributed by atoms with van der Waals surface area (Å²) in [6.45, 7) is 0.254. The van der Waals surface area contributed by atoms with Crippen molar-refractivity contribution >= 4 is 17.6 Å². The van der Waals surface area contributed by atoms with Gasteiger partial charge in [-0.15, -0.1) is 0 Å². The molecule has 3 rings (SSSR count). The molecule has 1 heterocycles. The van der Waals surface area contributed by atoms with Gasteiger partial charge >= 0.3 is 6.09 Å². The SMILES string of the molecule is O=C(Nc1ccc2c(c1)OCC2=O)OCc1ccccc1.